The molecule has 72 valence electrons. The van der Waals surface area contributed by atoms with Gasteiger partial charge < -0.3 is 0 Å². The number of aryl methyl sites for hydroxylation is 2. The van der Waals surface area contributed by atoms with E-state index in [9.17, 15) is 4.79 Å². The Balaban J connectivity index is 2.24. The Hall–Kier alpha value is -0.340. The third kappa shape index (κ3) is 3.92. The molecular formula is C10H13ClOS. The van der Waals surface area contributed by atoms with Crippen LogP contribution in [0.25, 0.3) is 0 Å². The fourth-order valence-electron chi connectivity index (χ4n) is 1.15. The maximum absolute atomic E-state index is 10.9. The van der Waals surface area contributed by atoms with Gasteiger partial charge in [-0.3, -0.25) is 4.79 Å². The summed E-state index contributed by atoms with van der Waals surface area (Å²) in [5.74, 6) is 0.304. The van der Waals surface area contributed by atoms with Gasteiger partial charge in [-0.1, -0.05) is 0 Å². The van der Waals surface area contributed by atoms with Gasteiger partial charge in [-0.2, -0.15) is 0 Å². The van der Waals surface area contributed by atoms with Gasteiger partial charge in [0.15, 0.2) is 0 Å². The quantitative estimate of drug-likeness (QED) is 0.691. The first-order chi connectivity index (χ1) is 6.22. The molecule has 0 fully saturated rings. The molecule has 1 heterocycles. The molecule has 0 N–H and O–H groups in total. The number of Topliss-reactive ketones (excluding diaryl/α,β-unsaturated/α-hetero) is 1. The Labute approximate surface area is 87.7 Å². The lowest BCUT2D eigenvalue weighted by Gasteiger charge is -1.95. The van der Waals surface area contributed by atoms with E-state index in [1.54, 1.807) is 11.3 Å². The lowest BCUT2D eigenvalue weighted by atomic mass is 10.2. The predicted molar refractivity (Wildman–Crippen MR) is 57.7 cm³/mol. The summed E-state index contributed by atoms with van der Waals surface area (Å²) in [7, 11) is 0. The molecule has 13 heavy (non-hydrogen) atoms. The highest BCUT2D eigenvalue weighted by Crippen LogP contribution is 2.17. The second-order valence-electron chi connectivity index (χ2n) is 3.04. The zero-order valence-electron chi connectivity index (χ0n) is 7.68. The van der Waals surface area contributed by atoms with Crippen molar-refractivity contribution in [3.8, 4) is 0 Å². The molecule has 1 rings (SSSR count). The van der Waals surface area contributed by atoms with Crippen LogP contribution in [0.2, 0.25) is 0 Å². The molecule has 0 spiro atoms. The summed E-state index contributed by atoms with van der Waals surface area (Å²) in [6.07, 6.45) is 2.53. The molecule has 0 bridgehead atoms. The van der Waals surface area contributed by atoms with E-state index in [1.165, 1.54) is 9.75 Å². The largest absolute Gasteiger partial charge is 0.298 e. The summed E-state index contributed by atoms with van der Waals surface area (Å²) in [4.78, 5) is 13.6. The van der Waals surface area contributed by atoms with Crippen LogP contribution in [0.15, 0.2) is 12.1 Å². The van der Waals surface area contributed by atoms with E-state index in [0.717, 1.165) is 12.8 Å². The highest BCUT2D eigenvalue weighted by atomic mass is 35.5. The fraction of sp³-hybridized carbons (Fsp3) is 0.500. The second-order valence-corrected chi connectivity index (χ2v) is 4.68. The van der Waals surface area contributed by atoms with Crippen molar-refractivity contribution in [1.29, 1.82) is 0 Å². The smallest absolute Gasteiger partial charge is 0.147 e. The van der Waals surface area contributed by atoms with E-state index in [4.69, 9.17) is 11.6 Å². The molecule has 0 amide bonds. The van der Waals surface area contributed by atoms with Gasteiger partial charge in [-0.25, -0.2) is 0 Å². The van der Waals surface area contributed by atoms with Crippen LogP contribution in [0.4, 0.5) is 0 Å². The maximum atomic E-state index is 10.9. The first-order valence-electron chi connectivity index (χ1n) is 4.35. The summed E-state index contributed by atoms with van der Waals surface area (Å²) in [5, 5.41) is 0. The van der Waals surface area contributed by atoms with Crippen LogP contribution >= 0.6 is 22.9 Å². The lowest BCUT2D eigenvalue weighted by Crippen LogP contribution is -1.98. The number of ketones is 1. The lowest BCUT2D eigenvalue weighted by molar-refractivity contribution is -0.116. The fourth-order valence-corrected chi connectivity index (χ4v) is 2.21. The number of rotatable bonds is 5. The van der Waals surface area contributed by atoms with Gasteiger partial charge in [0.1, 0.15) is 5.78 Å². The maximum Gasteiger partial charge on any atom is 0.147 e. The summed E-state index contributed by atoms with van der Waals surface area (Å²) < 4.78 is 0. The van der Waals surface area contributed by atoms with E-state index < -0.39 is 0 Å². The van der Waals surface area contributed by atoms with Crippen LogP contribution < -0.4 is 0 Å². The van der Waals surface area contributed by atoms with Crippen molar-refractivity contribution >= 4 is 28.7 Å². The standard InChI is InChI=1S/C10H13ClOS/c1-8-5-6-10(13-8)4-2-3-9(12)7-11/h5-6H,2-4,7H2,1H3. The van der Waals surface area contributed by atoms with E-state index >= 15 is 0 Å². The van der Waals surface area contributed by atoms with Gasteiger partial charge in [-0.15, -0.1) is 22.9 Å². The Bertz CT molecular complexity index is 280. The molecule has 0 unspecified atom stereocenters. The minimum absolute atomic E-state index is 0.148. The Morgan fingerprint density at radius 2 is 2.31 bits per heavy atom. The predicted octanol–water partition coefficient (Wildman–Crippen LogP) is 3.19. The van der Waals surface area contributed by atoms with E-state index in [2.05, 4.69) is 19.1 Å². The number of carbonyl (C=O) groups excluding carboxylic acids is 1. The molecule has 0 aliphatic heterocycles. The highest BCUT2D eigenvalue weighted by molar-refractivity contribution is 7.11. The molecule has 1 aromatic heterocycles. The van der Waals surface area contributed by atoms with Crippen LogP contribution in [0.3, 0.4) is 0 Å². The van der Waals surface area contributed by atoms with Crippen LogP contribution in [-0.2, 0) is 11.2 Å². The third-order valence-corrected chi connectivity index (χ3v) is 3.18. The van der Waals surface area contributed by atoms with Crippen LogP contribution in [0, 0.1) is 6.92 Å². The minimum atomic E-state index is 0.148. The minimum Gasteiger partial charge on any atom is -0.298 e. The van der Waals surface area contributed by atoms with Gasteiger partial charge in [0.05, 0.1) is 5.88 Å². The Kier molecular flexibility index (Phi) is 4.46. The highest BCUT2D eigenvalue weighted by Gasteiger charge is 2.01. The zero-order chi connectivity index (χ0) is 9.68. The first kappa shape index (κ1) is 10.7. The normalized spacial score (nSPS) is 10.3. The number of halogens is 1. The van der Waals surface area contributed by atoms with Gasteiger partial charge in [-0.05, 0) is 31.9 Å². The molecular weight excluding hydrogens is 204 g/mol. The third-order valence-electron chi connectivity index (χ3n) is 1.82. The van der Waals surface area contributed by atoms with E-state index in [-0.39, 0.29) is 11.7 Å². The van der Waals surface area contributed by atoms with Crippen molar-refractivity contribution in [2.75, 3.05) is 5.88 Å². The number of hydrogen-bond acceptors (Lipinski definition) is 2. The van der Waals surface area contributed by atoms with Gasteiger partial charge >= 0.3 is 0 Å². The first-order valence-corrected chi connectivity index (χ1v) is 5.70. The molecule has 0 aliphatic rings. The van der Waals surface area contributed by atoms with Crippen molar-refractivity contribution in [2.45, 2.75) is 26.2 Å². The summed E-state index contributed by atoms with van der Waals surface area (Å²) in [5.41, 5.74) is 0. The molecule has 0 saturated carbocycles. The van der Waals surface area contributed by atoms with Gasteiger partial charge in [0.25, 0.3) is 0 Å². The monoisotopic (exact) mass is 216 g/mol. The number of hydrogen-bond donors (Lipinski definition) is 0. The van der Waals surface area contributed by atoms with Crippen LogP contribution in [-0.4, -0.2) is 11.7 Å². The number of alkyl halides is 1. The second kappa shape index (κ2) is 5.40. The summed E-state index contributed by atoms with van der Waals surface area (Å²) in [6.45, 7) is 2.10. The van der Waals surface area contributed by atoms with Crippen molar-refractivity contribution in [1.82, 2.24) is 0 Å². The topological polar surface area (TPSA) is 17.1 Å². The molecule has 0 aliphatic carbocycles. The van der Waals surface area contributed by atoms with E-state index in [0.29, 0.717) is 6.42 Å². The molecule has 0 atom stereocenters. The molecule has 1 aromatic rings. The molecule has 1 nitrogen and oxygen atoms in total. The Morgan fingerprint density at radius 3 is 2.85 bits per heavy atom. The van der Waals surface area contributed by atoms with Crippen LogP contribution in [0.5, 0.6) is 0 Å². The van der Waals surface area contributed by atoms with Gasteiger partial charge in [0.2, 0.25) is 0 Å². The van der Waals surface area contributed by atoms with E-state index in [1.807, 2.05) is 0 Å². The van der Waals surface area contributed by atoms with Crippen molar-refractivity contribution in [3.63, 3.8) is 0 Å². The molecule has 0 saturated heterocycles. The summed E-state index contributed by atoms with van der Waals surface area (Å²) in [6, 6.07) is 4.24. The number of thiophene rings is 1. The summed E-state index contributed by atoms with van der Waals surface area (Å²) >= 11 is 7.19. The van der Waals surface area contributed by atoms with Crippen LogP contribution in [0.1, 0.15) is 22.6 Å². The Morgan fingerprint density at radius 1 is 1.54 bits per heavy atom. The molecule has 0 aromatic carbocycles. The molecule has 3 heteroatoms. The average molecular weight is 217 g/mol. The van der Waals surface area contributed by atoms with Crippen molar-refractivity contribution in [2.24, 2.45) is 0 Å². The average Bonchev–Trinajstić information content (AvgIpc) is 2.51. The SMILES string of the molecule is Cc1ccc(CCCC(=O)CCl)s1. The van der Waals surface area contributed by atoms with Gasteiger partial charge in [0, 0.05) is 16.2 Å². The zero-order valence-corrected chi connectivity index (χ0v) is 9.25. The van der Waals surface area contributed by atoms with Crippen molar-refractivity contribution in [3.05, 3.63) is 21.9 Å². The van der Waals surface area contributed by atoms with Crippen molar-refractivity contribution < 1.29 is 4.79 Å². The number of carbonyl (C=O) groups is 1. The molecule has 0 radical (unpaired) electrons.